The lowest BCUT2D eigenvalue weighted by Crippen LogP contribution is -2.20. The molecular weight excluding hydrogens is 450 g/mol. The molecule has 0 saturated heterocycles. The van der Waals surface area contributed by atoms with Crippen molar-refractivity contribution in [3.05, 3.63) is 58.3 Å². The Kier molecular flexibility index (Phi) is 5.08. The molecule has 0 bridgehead atoms. The molecule has 0 spiro atoms. The quantitative estimate of drug-likeness (QED) is 0.486. The van der Waals surface area contributed by atoms with Crippen molar-refractivity contribution in [1.82, 2.24) is 40.4 Å². The summed E-state index contributed by atoms with van der Waals surface area (Å²) in [4.78, 5) is 13.5. The summed E-state index contributed by atoms with van der Waals surface area (Å²) in [6.45, 7) is -0.0951. The second kappa shape index (κ2) is 7.82. The van der Waals surface area contributed by atoms with E-state index in [9.17, 15) is 4.79 Å². The second-order valence-corrected chi connectivity index (χ2v) is 6.88. The summed E-state index contributed by atoms with van der Waals surface area (Å²) >= 11 is 9.47. The molecule has 4 rings (SSSR count). The lowest BCUT2D eigenvalue weighted by Gasteiger charge is -2.06. The molecule has 0 aliphatic rings. The fourth-order valence-corrected chi connectivity index (χ4v) is 3.00. The molecule has 4 aromatic rings. The number of carbonyl (C=O) groups is 1. The van der Waals surface area contributed by atoms with Crippen molar-refractivity contribution < 1.29 is 4.79 Å². The first-order chi connectivity index (χ1) is 13.6. The molecule has 12 heteroatoms. The van der Waals surface area contributed by atoms with E-state index in [2.05, 4.69) is 52.2 Å². The number of nitrogens with zero attached hydrogens (tertiary/aromatic N) is 8. The molecule has 0 fully saturated rings. The molecule has 28 heavy (non-hydrogen) atoms. The van der Waals surface area contributed by atoms with Gasteiger partial charge in [-0.05, 0) is 61.9 Å². The minimum atomic E-state index is -0.285. The number of hydrogen-bond donors (Lipinski definition) is 1. The molecule has 0 radical (unpaired) electrons. The van der Waals surface area contributed by atoms with E-state index >= 15 is 0 Å². The van der Waals surface area contributed by atoms with E-state index in [1.165, 1.54) is 15.8 Å². The lowest BCUT2D eigenvalue weighted by molar-refractivity contribution is -0.117. The maximum Gasteiger partial charge on any atom is 0.248 e. The number of tetrazole rings is 2. The molecule has 2 aromatic carbocycles. The molecule has 2 aromatic heterocycles. The molecule has 0 saturated carbocycles. The highest BCUT2D eigenvalue weighted by molar-refractivity contribution is 9.10. The number of halogens is 2. The predicted molar refractivity (Wildman–Crippen MR) is 104 cm³/mol. The van der Waals surface area contributed by atoms with Crippen LogP contribution in [-0.4, -0.2) is 46.3 Å². The summed E-state index contributed by atoms with van der Waals surface area (Å²) in [7, 11) is 0. The molecule has 0 aliphatic carbocycles. The highest BCUT2D eigenvalue weighted by Crippen LogP contribution is 2.26. The fraction of sp³-hybridized carbons (Fsp3) is 0.0625. The van der Waals surface area contributed by atoms with Crippen molar-refractivity contribution in [2.24, 2.45) is 0 Å². The number of rotatable bonds is 5. The van der Waals surface area contributed by atoms with Gasteiger partial charge in [0.1, 0.15) is 12.9 Å². The van der Waals surface area contributed by atoms with E-state index in [4.69, 9.17) is 11.6 Å². The number of benzene rings is 2. The van der Waals surface area contributed by atoms with Gasteiger partial charge >= 0.3 is 0 Å². The Balaban J connectivity index is 1.55. The number of anilines is 1. The van der Waals surface area contributed by atoms with Crippen molar-refractivity contribution in [3.8, 4) is 17.1 Å². The SMILES string of the molecule is O=C(Cn1nnc(-c2ccc(Cl)cc2-n2cnnn2)n1)Nc1ccccc1Br. The van der Waals surface area contributed by atoms with Crippen LogP contribution >= 0.6 is 27.5 Å². The van der Waals surface area contributed by atoms with Crippen LogP contribution in [0, 0.1) is 0 Å². The van der Waals surface area contributed by atoms with E-state index in [0.717, 1.165) is 4.47 Å². The molecule has 0 atom stereocenters. The molecule has 0 aliphatic heterocycles. The molecular formula is C16H11BrClN9O. The van der Waals surface area contributed by atoms with Crippen molar-refractivity contribution in [3.63, 3.8) is 0 Å². The number of amides is 1. The third-order valence-corrected chi connectivity index (χ3v) is 4.61. The molecule has 0 unspecified atom stereocenters. The topological polar surface area (TPSA) is 116 Å². The number of carbonyl (C=O) groups excluding carboxylic acids is 1. The Hall–Kier alpha value is -3.18. The summed E-state index contributed by atoms with van der Waals surface area (Å²) in [6, 6.07) is 12.4. The Morgan fingerprint density at radius 3 is 2.82 bits per heavy atom. The van der Waals surface area contributed by atoms with Gasteiger partial charge in [0, 0.05) is 15.1 Å². The second-order valence-electron chi connectivity index (χ2n) is 5.59. The number of hydrogen-bond acceptors (Lipinski definition) is 7. The number of aromatic nitrogens is 8. The van der Waals surface area contributed by atoms with Crippen molar-refractivity contribution in [2.45, 2.75) is 6.54 Å². The molecule has 1 amide bonds. The first-order valence-electron chi connectivity index (χ1n) is 7.95. The molecule has 10 nitrogen and oxygen atoms in total. The maximum atomic E-state index is 12.3. The monoisotopic (exact) mass is 459 g/mol. The van der Waals surface area contributed by atoms with E-state index in [-0.39, 0.29) is 12.5 Å². The lowest BCUT2D eigenvalue weighted by atomic mass is 10.1. The van der Waals surface area contributed by atoms with Crippen molar-refractivity contribution in [1.29, 1.82) is 0 Å². The minimum absolute atomic E-state index is 0.0951. The highest BCUT2D eigenvalue weighted by Gasteiger charge is 2.15. The summed E-state index contributed by atoms with van der Waals surface area (Å²) < 4.78 is 2.23. The van der Waals surface area contributed by atoms with Crippen LogP contribution in [0.25, 0.3) is 17.1 Å². The standard InChI is InChI=1S/C16H11BrClN9O/c17-12-3-1-2-4-13(12)20-15(28)8-27-22-16(21-24-27)11-6-5-10(18)7-14(11)26-9-19-23-25-26/h1-7,9H,8H2,(H,20,28). The van der Waals surface area contributed by atoms with Gasteiger partial charge in [0.25, 0.3) is 0 Å². The van der Waals surface area contributed by atoms with Crippen LogP contribution in [0.4, 0.5) is 5.69 Å². The Morgan fingerprint density at radius 1 is 1.18 bits per heavy atom. The Morgan fingerprint density at radius 2 is 2.04 bits per heavy atom. The fourth-order valence-electron chi connectivity index (χ4n) is 2.45. The van der Waals surface area contributed by atoms with Crippen LogP contribution in [0.3, 0.4) is 0 Å². The third kappa shape index (κ3) is 3.89. The van der Waals surface area contributed by atoms with E-state index < -0.39 is 0 Å². The van der Waals surface area contributed by atoms with Crippen LogP contribution in [0.5, 0.6) is 0 Å². The van der Waals surface area contributed by atoms with Gasteiger partial charge in [-0.3, -0.25) is 4.79 Å². The normalized spacial score (nSPS) is 10.8. The van der Waals surface area contributed by atoms with Gasteiger partial charge in [-0.1, -0.05) is 23.7 Å². The first-order valence-corrected chi connectivity index (χ1v) is 9.13. The zero-order valence-corrected chi connectivity index (χ0v) is 16.4. The number of nitrogens with one attached hydrogen (secondary N) is 1. The summed E-state index contributed by atoms with van der Waals surface area (Å²) in [5, 5.41) is 26.7. The van der Waals surface area contributed by atoms with Gasteiger partial charge in [-0.25, -0.2) is 0 Å². The van der Waals surface area contributed by atoms with Crippen LogP contribution in [0.2, 0.25) is 5.02 Å². The third-order valence-electron chi connectivity index (χ3n) is 3.68. The van der Waals surface area contributed by atoms with E-state index in [0.29, 0.717) is 27.8 Å². The Labute approximate surface area is 171 Å². The molecule has 2 heterocycles. The number of para-hydroxylation sites is 1. The zero-order valence-electron chi connectivity index (χ0n) is 14.1. The predicted octanol–water partition coefficient (Wildman–Crippen LogP) is 2.37. The largest absolute Gasteiger partial charge is 0.323 e. The maximum absolute atomic E-state index is 12.3. The summed E-state index contributed by atoms with van der Waals surface area (Å²) in [5.41, 5.74) is 1.87. The van der Waals surface area contributed by atoms with Crippen LogP contribution < -0.4 is 5.32 Å². The first kappa shape index (κ1) is 18.2. The highest BCUT2D eigenvalue weighted by atomic mass is 79.9. The van der Waals surface area contributed by atoms with Crippen molar-refractivity contribution in [2.75, 3.05) is 5.32 Å². The van der Waals surface area contributed by atoms with Gasteiger partial charge in [-0.15, -0.1) is 15.3 Å². The van der Waals surface area contributed by atoms with E-state index in [1.807, 2.05) is 18.2 Å². The Bertz CT molecular complexity index is 1130. The van der Waals surface area contributed by atoms with Gasteiger partial charge in [-0.2, -0.15) is 9.48 Å². The van der Waals surface area contributed by atoms with Gasteiger partial charge in [0.15, 0.2) is 0 Å². The van der Waals surface area contributed by atoms with Gasteiger partial charge < -0.3 is 5.32 Å². The zero-order chi connectivity index (χ0) is 19.5. The smallest absolute Gasteiger partial charge is 0.248 e. The molecule has 1 N–H and O–H groups in total. The minimum Gasteiger partial charge on any atom is -0.323 e. The summed E-state index contributed by atoms with van der Waals surface area (Å²) in [5.74, 6) is 0.0310. The average molecular weight is 461 g/mol. The van der Waals surface area contributed by atoms with Gasteiger partial charge in [0.2, 0.25) is 11.7 Å². The van der Waals surface area contributed by atoms with Gasteiger partial charge in [0.05, 0.1) is 11.4 Å². The van der Waals surface area contributed by atoms with Crippen LogP contribution in [0.1, 0.15) is 0 Å². The average Bonchev–Trinajstić information content (AvgIpc) is 3.36. The van der Waals surface area contributed by atoms with E-state index in [1.54, 1.807) is 24.3 Å². The summed E-state index contributed by atoms with van der Waals surface area (Å²) in [6.07, 6.45) is 1.44. The van der Waals surface area contributed by atoms with Crippen LogP contribution in [0.15, 0.2) is 53.3 Å². The van der Waals surface area contributed by atoms with Crippen LogP contribution in [-0.2, 0) is 11.3 Å². The molecule has 140 valence electrons. The van der Waals surface area contributed by atoms with Crippen molar-refractivity contribution >= 4 is 39.1 Å².